The molecule has 4 N–H and O–H groups in total. The fraction of sp³-hybridized carbons (Fsp3) is 0.417. The molecule has 1 atom stereocenters. The van der Waals surface area contributed by atoms with Gasteiger partial charge >= 0.3 is 0 Å². The molecule has 1 aromatic rings. The molecule has 4 nitrogen and oxygen atoms in total. The lowest BCUT2D eigenvalue weighted by Gasteiger charge is -2.18. The maximum atomic E-state index is 8.54. The largest absolute Gasteiger partial charge is 0.409 e. The van der Waals surface area contributed by atoms with Crippen molar-refractivity contribution in [3.8, 4) is 0 Å². The fourth-order valence-electron chi connectivity index (χ4n) is 1.55. The van der Waals surface area contributed by atoms with Crippen LogP contribution in [0.5, 0.6) is 0 Å². The number of anilines is 1. The van der Waals surface area contributed by atoms with Crippen molar-refractivity contribution < 1.29 is 5.21 Å². The molecule has 0 saturated heterocycles. The van der Waals surface area contributed by atoms with E-state index < -0.39 is 0 Å². The molecule has 0 heterocycles. The molecule has 0 saturated carbocycles. The van der Waals surface area contributed by atoms with Gasteiger partial charge in [0.15, 0.2) is 0 Å². The van der Waals surface area contributed by atoms with E-state index in [2.05, 4.69) is 30.4 Å². The number of aryl methyl sites for hydroxylation is 1. The van der Waals surface area contributed by atoms with Crippen molar-refractivity contribution in [1.82, 2.24) is 0 Å². The monoisotopic (exact) mass is 221 g/mol. The van der Waals surface area contributed by atoms with Crippen LogP contribution in [-0.4, -0.2) is 17.1 Å². The van der Waals surface area contributed by atoms with Crippen LogP contribution in [-0.2, 0) is 0 Å². The minimum atomic E-state index is 0.192. The van der Waals surface area contributed by atoms with E-state index in [0.29, 0.717) is 6.42 Å². The van der Waals surface area contributed by atoms with Gasteiger partial charge in [-0.1, -0.05) is 30.3 Å². The molecule has 0 amide bonds. The molecule has 0 radical (unpaired) electrons. The minimum Gasteiger partial charge on any atom is -0.409 e. The molecular weight excluding hydrogens is 202 g/mol. The third-order valence-corrected chi connectivity index (χ3v) is 2.58. The zero-order valence-corrected chi connectivity index (χ0v) is 9.77. The highest BCUT2D eigenvalue weighted by molar-refractivity contribution is 5.80. The van der Waals surface area contributed by atoms with E-state index in [9.17, 15) is 0 Å². The summed E-state index contributed by atoms with van der Waals surface area (Å²) >= 11 is 0. The maximum absolute atomic E-state index is 8.54. The Hall–Kier alpha value is -1.71. The number of nitrogens with two attached hydrogens (primary N) is 1. The summed E-state index contributed by atoms with van der Waals surface area (Å²) in [5.74, 6) is 0.257. The zero-order valence-electron chi connectivity index (χ0n) is 9.77. The molecule has 1 unspecified atom stereocenters. The quantitative estimate of drug-likeness (QED) is 0.309. The highest BCUT2D eigenvalue weighted by atomic mass is 16.4. The van der Waals surface area contributed by atoms with Crippen LogP contribution in [0.25, 0.3) is 0 Å². The van der Waals surface area contributed by atoms with E-state index in [-0.39, 0.29) is 11.9 Å². The van der Waals surface area contributed by atoms with Gasteiger partial charge in [0.05, 0.1) is 0 Å². The van der Waals surface area contributed by atoms with Crippen molar-refractivity contribution in [2.75, 3.05) is 5.32 Å². The van der Waals surface area contributed by atoms with E-state index in [1.165, 1.54) is 5.56 Å². The molecule has 1 aromatic carbocycles. The van der Waals surface area contributed by atoms with Crippen molar-refractivity contribution in [3.63, 3.8) is 0 Å². The Kier molecular flexibility index (Phi) is 4.64. The smallest absolute Gasteiger partial charge is 0.141 e. The molecule has 0 fully saturated rings. The van der Waals surface area contributed by atoms with Crippen LogP contribution in [0.3, 0.4) is 0 Å². The molecule has 88 valence electrons. The Morgan fingerprint density at radius 1 is 1.50 bits per heavy atom. The molecule has 1 rings (SSSR count). The molecule has 4 heteroatoms. The van der Waals surface area contributed by atoms with Gasteiger partial charge in [0.25, 0.3) is 0 Å². The van der Waals surface area contributed by atoms with Crippen LogP contribution in [0.2, 0.25) is 0 Å². The number of benzene rings is 1. The van der Waals surface area contributed by atoms with Gasteiger partial charge in [-0.2, -0.15) is 0 Å². The molecular formula is C12H19N3O. The fourth-order valence-corrected chi connectivity index (χ4v) is 1.55. The van der Waals surface area contributed by atoms with Crippen LogP contribution >= 0.6 is 0 Å². The predicted octanol–water partition coefficient (Wildman–Crippen LogP) is 2.32. The highest BCUT2D eigenvalue weighted by Gasteiger charge is 2.09. The first-order chi connectivity index (χ1) is 7.67. The second-order valence-corrected chi connectivity index (χ2v) is 3.86. The van der Waals surface area contributed by atoms with Gasteiger partial charge in [0.2, 0.25) is 0 Å². The number of nitrogens with zero attached hydrogens (tertiary/aromatic N) is 1. The zero-order chi connectivity index (χ0) is 12.0. The molecule has 0 aliphatic rings. The summed E-state index contributed by atoms with van der Waals surface area (Å²) in [4.78, 5) is 0. The van der Waals surface area contributed by atoms with Crippen molar-refractivity contribution >= 4 is 11.5 Å². The maximum Gasteiger partial charge on any atom is 0.141 e. The number of amidine groups is 1. The van der Waals surface area contributed by atoms with Gasteiger partial charge in [-0.25, -0.2) is 0 Å². The first-order valence-electron chi connectivity index (χ1n) is 5.46. The molecule has 0 aliphatic heterocycles. The van der Waals surface area contributed by atoms with Crippen LogP contribution in [0, 0.1) is 6.92 Å². The van der Waals surface area contributed by atoms with Gasteiger partial charge in [0, 0.05) is 18.2 Å². The summed E-state index contributed by atoms with van der Waals surface area (Å²) in [5, 5.41) is 14.9. The molecule has 0 aliphatic carbocycles. The summed E-state index contributed by atoms with van der Waals surface area (Å²) in [7, 11) is 0. The molecule has 0 spiro atoms. The summed E-state index contributed by atoms with van der Waals surface area (Å²) in [6.45, 7) is 4.12. The van der Waals surface area contributed by atoms with Gasteiger partial charge in [-0.15, -0.1) is 0 Å². The normalized spacial score (nSPS) is 13.5. The third-order valence-electron chi connectivity index (χ3n) is 2.58. The minimum absolute atomic E-state index is 0.192. The van der Waals surface area contributed by atoms with E-state index in [1.54, 1.807) is 0 Å². The second-order valence-electron chi connectivity index (χ2n) is 3.86. The average molecular weight is 221 g/mol. The van der Waals surface area contributed by atoms with Gasteiger partial charge in [-0.3, -0.25) is 0 Å². The summed E-state index contributed by atoms with van der Waals surface area (Å²) in [5.41, 5.74) is 7.79. The lowest BCUT2D eigenvalue weighted by Crippen LogP contribution is -2.26. The van der Waals surface area contributed by atoms with E-state index in [0.717, 1.165) is 12.1 Å². The summed E-state index contributed by atoms with van der Waals surface area (Å²) < 4.78 is 0. The van der Waals surface area contributed by atoms with Crippen LogP contribution in [0.1, 0.15) is 25.3 Å². The van der Waals surface area contributed by atoms with E-state index >= 15 is 0 Å². The Balaban J connectivity index is 2.67. The van der Waals surface area contributed by atoms with Crippen molar-refractivity contribution in [1.29, 1.82) is 0 Å². The standard InChI is InChI=1S/C12H19N3O/c1-3-10(8-12(13)15-16)14-11-7-5-4-6-9(11)2/h4-7,10,14,16H,3,8H2,1-2H3,(H2,13,15). The molecule has 16 heavy (non-hydrogen) atoms. The number of hydrogen-bond donors (Lipinski definition) is 3. The van der Waals surface area contributed by atoms with Gasteiger partial charge in [0.1, 0.15) is 5.84 Å². The number of para-hydroxylation sites is 1. The summed E-state index contributed by atoms with van der Waals surface area (Å²) in [6.07, 6.45) is 1.46. The molecule has 0 bridgehead atoms. The number of nitrogens with one attached hydrogen (secondary N) is 1. The van der Waals surface area contributed by atoms with E-state index in [1.807, 2.05) is 18.2 Å². The summed E-state index contributed by atoms with van der Waals surface area (Å²) in [6, 6.07) is 8.27. The Morgan fingerprint density at radius 3 is 2.75 bits per heavy atom. The average Bonchev–Trinajstić information content (AvgIpc) is 2.30. The Morgan fingerprint density at radius 2 is 2.19 bits per heavy atom. The molecule has 0 aromatic heterocycles. The lowest BCUT2D eigenvalue weighted by atomic mass is 10.1. The van der Waals surface area contributed by atoms with Crippen molar-refractivity contribution in [2.45, 2.75) is 32.7 Å². The van der Waals surface area contributed by atoms with Crippen molar-refractivity contribution in [2.24, 2.45) is 10.9 Å². The van der Waals surface area contributed by atoms with E-state index in [4.69, 9.17) is 10.9 Å². The topological polar surface area (TPSA) is 70.6 Å². The SMILES string of the molecule is CCC(CC(N)=NO)Nc1ccccc1C. The third kappa shape index (κ3) is 3.46. The van der Waals surface area contributed by atoms with Crippen LogP contribution in [0.4, 0.5) is 5.69 Å². The first-order valence-corrected chi connectivity index (χ1v) is 5.46. The number of hydrogen-bond acceptors (Lipinski definition) is 3. The Labute approximate surface area is 96.2 Å². The van der Waals surface area contributed by atoms with Gasteiger partial charge in [-0.05, 0) is 25.0 Å². The highest BCUT2D eigenvalue weighted by Crippen LogP contribution is 2.16. The second kappa shape index (κ2) is 6.00. The lowest BCUT2D eigenvalue weighted by molar-refractivity contribution is 0.316. The van der Waals surface area contributed by atoms with Crippen molar-refractivity contribution in [3.05, 3.63) is 29.8 Å². The Bertz CT molecular complexity index is 363. The first kappa shape index (κ1) is 12.4. The van der Waals surface area contributed by atoms with Gasteiger partial charge < -0.3 is 16.3 Å². The van der Waals surface area contributed by atoms with Crippen LogP contribution < -0.4 is 11.1 Å². The number of oxime groups is 1. The van der Waals surface area contributed by atoms with Crippen LogP contribution in [0.15, 0.2) is 29.4 Å². The number of rotatable bonds is 5. The predicted molar refractivity (Wildman–Crippen MR) is 66.9 cm³/mol.